The van der Waals surface area contributed by atoms with Crippen LogP contribution >= 0.6 is 23.2 Å². The van der Waals surface area contributed by atoms with Crippen LogP contribution in [0.25, 0.3) is 0 Å². The van der Waals surface area contributed by atoms with E-state index in [1.807, 2.05) is 0 Å². The maximum Gasteiger partial charge on any atom is 0.249 e. The Morgan fingerprint density at radius 2 is 1.91 bits per heavy atom. The van der Waals surface area contributed by atoms with E-state index >= 15 is 0 Å². The third-order valence-corrected chi connectivity index (χ3v) is 6.51. The Hall–Kier alpha value is -0.860. The van der Waals surface area contributed by atoms with Gasteiger partial charge in [0.15, 0.2) is 0 Å². The number of hydrogen-bond donors (Lipinski definition) is 0. The summed E-state index contributed by atoms with van der Waals surface area (Å²) < 4.78 is 26.7. The lowest BCUT2D eigenvalue weighted by molar-refractivity contribution is -0.174. The Bertz CT molecular complexity index is 688. The zero-order valence-corrected chi connectivity index (χ0v) is 15.2. The zero-order chi connectivity index (χ0) is 17.2. The first-order valence-electron chi connectivity index (χ1n) is 7.04. The second-order valence-electron chi connectivity index (χ2n) is 5.27. The first kappa shape index (κ1) is 18.5. The normalized spacial score (nSPS) is 17.2. The highest BCUT2D eigenvalue weighted by atomic mass is 35.5. The van der Waals surface area contributed by atoms with Crippen molar-refractivity contribution >= 4 is 39.1 Å². The molecule has 128 valence electrons. The predicted molar refractivity (Wildman–Crippen MR) is 87.7 cm³/mol. The number of amides is 1. The molecule has 0 spiro atoms. The van der Waals surface area contributed by atoms with E-state index in [0.717, 1.165) is 0 Å². The molecule has 0 aliphatic carbocycles. The molecule has 2 rings (SSSR count). The Morgan fingerprint density at radius 3 is 2.48 bits per heavy atom. The average molecular weight is 381 g/mol. The van der Waals surface area contributed by atoms with E-state index < -0.39 is 10.0 Å². The number of benzene rings is 1. The van der Waals surface area contributed by atoms with E-state index in [0.29, 0.717) is 17.9 Å². The molecular weight excluding hydrogens is 363 g/mol. The molecule has 0 aromatic heterocycles. The van der Waals surface area contributed by atoms with E-state index in [2.05, 4.69) is 0 Å². The summed E-state index contributed by atoms with van der Waals surface area (Å²) in [5.74, 6) is -0.397. The maximum absolute atomic E-state index is 12.7. The fourth-order valence-electron chi connectivity index (χ4n) is 2.50. The Balaban J connectivity index is 2.13. The minimum absolute atomic E-state index is 0.00884. The molecule has 1 aliphatic rings. The van der Waals surface area contributed by atoms with Crippen molar-refractivity contribution in [1.82, 2.24) is 9.37 Å². The van der Waals surface area contributed by atoms with Gasteiger partial charge in [-0.1, -0.05) is 23.2 Å². The molecular formula is C14H18Cl2N2O4S. The van der Waals surface area contributed by atoms with Crippen LogP contribution in [0, 0.1) is 5.92 Å². The van der Waals surface area contributed by atoms with Gasteiger partial charge < -0.3 is 0 Å². The van der Waals surface area contributed by atoms with Crippen LogP contribution in [0.3, 0.4) is 0 Å². The van der Waals surface area contributed by atoms with Crippen LogP contribution in [-0.2, 0) is 19.7 Å². The van der Waals surface area contributed by atoms with Crippen molar-refractivity contribution in [3.05, 3.63) is 28.2 Å². The average Bonchev–Trinajstić information content (AvgIpc) is 2.55. The van der Waals surface area contributed by atoms with Crippen LogP contribution in [0.5, 0.6) is 0 Å². The summed E-state index contributed by atoms with van der Waals surface area (Å²) >= 11 is 11.9. The summed E-state index contributed by atoms with van der Waals surface area (Å²) in [6.45, 7) is 0.498. The van der Waals surface area contributed by atoms with Gasteiger partial charge in [-0.05, 0) is 31.0 Å². The Kier molecular flexibility index (Phi) is 5.91. The number of halogens is 2. The summed E-state index contributed by atoms with van der Waals surface area (Å²) in [6, 6.07) is 4.34. The molecule has 1 amide bonds. The van der Waals surface area contributed by atoms with Gasteiger partial charge in [0.05, 0.1) is 12.1 Å². The van der Waals surface area contributed by atoms with E-state index in [4.69, 9.17) is 28.0 Å². The van der Waals surface area contributed by atoms with Crippen molar-refractivity contribution in [2.45, 2.75) is 17.7 Å². The van der Waals surface area contributed by atoms with E-state index in [9.17, 15) is 13.2 Å². The molecule has 0 saturated carbocycles. The molecule has 6 nitrogen and oxygen atoms in total. The Labute approximate surface area is 145 Å². The van der Waals surface area contributed by atoms with Gasteiger partial charge in [0.2, 0.25) is 15.9 Å². The van der Waals surface area contributed by atoms with E-state index in [1.54, 1.807) is 0 Å². The van der Waals surface area contributed by atoms with Gasteiger partial charge in [0.25, 0.3) is 0 Å². The van der Waals surface area contributed by atoms with Crippen molar-refractivity contribution < 1.29 is 18.0 Å². The third-order valence-electron chi connectivity index (χ3n) is 3.90. The zero-order valence-electron chi connectivity index (χ0n) is 12.8. The lowest BCUT2D eigenvalue weighted by Gasteiger charge is -2.32. The fraction of sp³-hybridized carbons (Fsp3) is 0.500. The minimum atomic E-state index is -3.73. The van der Waals surface area contributed by atoms with Crippen molar-refractivity contribution in [3.8, 4) is 0 Å². The first-order valence-corrected chi connectivity index (χ1v) is 9.24. The lowest BCUT2D eigenvalue weighted by Crippen LogP contribution is -2.43. The maximum atomic E-state index is 12.7. The van der Waals surface area contributed by atoms with Crippen molar-refractivity contribution in [1.29, 1.82) is 0 Å². The molecule has 1 aromatic rings. The summed E-state index contributed by atoms with van der Waals surface area (Å²) in [4.78, 5) is 16.9. The highest BCUT2D eigenvalue weighted by molar-refractivity contribution is 7.89. The number of nitrogens with zero attached hydrogens (tertiary/aromatic N) is 2. The number of carbonyl (C=O) groups excluding carboxylic acids is 1. The molecule has 23 heavy (non-hydrogen) atoms. The quantitative estimate of drug-likeness (QED) is 0.752. The van der Waals surface area contributed by atoms with Crippen LogP contribution in [0.1, 0.15) is 12.8 Å². The molecule has 1 aliphatic heterocycles. The monoisotopic (exact) mass is 380 g/mol. The van der Waals surface area contributed by atoms with Gasteiger partial charge in [-0.2, -0.15) is 4.31 Å². The molecule has 0 bridgehead atoms. The molecule has 0 N–H and O–H groups in total. The fourth-order valence-corrected chi connectivity index (χ4v) is 4.71. The molecule has 1 aromatic carbocycles. The second-order valence-corrected chi connectivity index (χ2v) is 8.02. The summed E-state index contributed by atoms with van der Waals surface area (Å²) in [5, 5.41) is 1.61. The standard InChI is InChI=1S/C14H18Cl2N2O4S/c1-17(22-2)14(19)10-5-7-18(8-6-10)23(20,21)13-9-11(15)3-4-12(13)16/h3-4,9-10H,5-8H2,1-2H3. The molecule has 1 saturated heterocycles. The molecule has 0 radical (unpaired) electrons. The minimum Gasteiger partial charge on any atom is -0.275 e. The second kappa shape index (κ2) is 7.36. The molecule has 0 unspecified atom stereocenters. The number of sulfonamides is 1. The van der Waals surface area contributed by atoms with Crippen LogP contribution in [0.15, 0.2) is 23.1 Å². The van der Waals surface area contributed by atoms with Gasteiger partial charge in [-0.15, -0.1) is 0 Å². The van der Waals surface area contributed by atoms with E-state index in [1.165, 1.54) is 41.7 Å². The largest absolute Gasteiger partial charge is 0.275 e. The smallest absolute Gasteiger partial charge is 0.249 e. The van der Waals surface area contributed by atoms with Gasteiger partial charge in [-0.25, -0.2) is 13.5 Å². The number of hydroxylamine groups is 2. The van der Waals surface area contributed by atoms with Crippen LogP contribution in [0.2, 0.25) is 10.0 Å². The van der Waals surface area contributed by atoms with Gasteiger partial charge in [0.1, 0.15) is 4.90 Å². The lowest BCUT2D eigenvalue weighted by atomic mass is 9.97. The molecule has 1 heterocycles. The predicted octanol–water partition coefficient (Wildman–Crippen LogP) is 2.41. The van der Waals surface area contributed by atoms with Gasteiger partial charge in [0, 0.05) is 31.1 Å². The number of hydrogen-bond acceptors (Lipinski definition) is 4. The SMILES string of the molecule is CON(C)C(=O)C1CCN(S(=O)(=O)c2cc(Cl)ccc2Cl)CC1. The number of piperidine rings is 1. The van der Waals surface area contributed by atoms with Crippen LogP contribution in [0.4, 0.5) is 0 Å². The molecule has 0 atom stereocenters. The third kappa shape index (κ3) is 3.97. The van der Waals surface area contributed by atoms with Gasteiger partial charge in [-0.3, -0.25) is 9.63 Å². The van der Waals surface area contributed by atoms with Crippen LogP contribution in [-0.4, -0.2) is 50.9 Å². The first-order chi connectivity index (χ1) is 10.8. The van der Waals surface area contributed by atoms with E-state index in [-0.39, 0.29) is 34.8 Å². The highest BCUT2D eigenvalue weighted by Crippen LogP contribution is 2.30. The number of carbonyl (C=O) groups is 1. The van der Waals surface area contributed by atoms with Crippen molar-refractivity contribution in [2.75, 3.05) is 27.2 Å². The molecule has 9 heteroatoms. The highest BCUT2D eigenvalue weighted by Gasteiger charge is 2.34. The topological polar surface area (TPSA) is 66.9 Å². The summed E-state index contributed by atoms with van der Waals surface area (Å²) in [5.41, 5.74) is 0. The Morgan fingerprint density at radius 1 is 1.30 bits per heavy atom. The van der Waals surface area contributed by atoms with Crippen LogP contribution < -0.4 is 0 Å². The summed E-state index contributed by atoms with van der Waals surface area (Å²) in [6.07, 6.45) is 0.869. The molecule has 1 fully saturated rings. The van der Waals surface area contributed by atoms with Crippen molar-refractivity contribution in [2.24, 2.45) is 5.92 Å². The van der Waals surface area contributed by atoms with Gasteiger partial charge >= 0.3 is 0 Å². The summed E-state index contributed by atoms with van der Waals surface area (Å²) in [7, 11) is -0.775. The van der Waals surface area contributed by atoms with Crippen molar-refractivity contribution in [3.63, 3.8) is 0 Å². The number of rotatable bonds is 4.